The van der Waals surface area contributed by atoms with Gasteiger partial charge in [-0.25, -0.2) is 4.98 Å². The number of benzene rings is 3. The predicted molar refractivity (Wildman–Crippen MR) is 104 cm³/mol. The SMILES string of the molecule is O=C(Nc1ccc(-c2nc3ccccc3o2)cc1)c1ccc(Cl)cc1Cl. The Hall–Kier alpha value is -2.82. The minimum absolute atomic E-state index is 0.304. The first-order valence-electron chi connectivity index (χ1n) is 7.82. The van der Waals surface area contributed by atoms with Gasteiger partial charge in [0.25, 0.3) is 5.91 Å². The minimum atomic E-state index is -0.304. The Labute approximate surface area is 159 Å². The average molecular weight is 383 g/mol. The Bertz CT molecular complexity index is 1070. The van der Waals surface area contributed by atoms with Crippen LogP contribution in [0, 0.1) is 0 Å². The number of halogens is 2. The summed E-state index contributed by atoms with van der Waals surface area (Å²) in [6.45, 7) is 0. The lowest BCUT2D eigenvalue weighted by Gasteiger charge is -2.07. The van der Waals surface area contributed by atoms with Gasteiger partial charge in [0.15, 0.2) is 5.58 Å². The van der Waals surface area contributed by atoms with Crippen molar-refractivity contribution in [3.05, 3.63) is 82.3 Å². The summed E-state index contributed by atoms with van der Waals surface area (Å²) in [5, 5.41) is 3.59. The van der Waals surface area contributed by atoms with Gasteiger partial charge in [0.05, 0.1) is 10.6 Å². The molecule has 4 nitrogen and oxygen atoms in total. The molecule has 0 atom stereocenters. The number of fused-ring (bicyclic) bond motifs is 1. The van der Waals surface area contributed by atoms with Crippen LogP contribution in [0.5, 0.6) is 0 Å². The van der Waals surface area contributed by atoms with Crippen molar-refractivity contribution < 1.29 is 9.21 Å². The fraction of sp³-hybridized carbons (Fsp3) is 0. The van der Waals surface area contributed by atoms with E-state index in [1.165, 1.54) is 6.07 Å². The van der Waals surface area contributed by atoms with Crippen LogP contribution in [0.15, 0.2) is 71.1 Å². The van der Waals surface area contributed by atoms with E-state index in [1.807, 2.05) is 36.4 Å². The molecular formula is C20H12Cl2N2O2. The molecule has 1 aromatic heterocycles. The van der Waals surface area contributed by atoms with Crippen LogP contribution in [-0.4, -0.2) is 10.9 Å². The molecule has 6 heteroatoms. The fourth-order valence-corrected chi connectivity index (χ4v) is 3.06. The van der Waals surface area contributed by atoms with Crippen LogP contribution in [0.25, 0.3) is 22.6 Å². The molecule has 0 spiro atoms. The van der Waals surface area contributed by atoms with Gasteiger partial charge in [-0.05, 0) is 54.6 Å². The standard InChI is InChI=1S/C20H12Cl2N2O2/c21-13-7-10-15(16(22)11-13)19(25)23-14-8-5-12(6-9-14)20-24-17-3-1-2-4-18(17)26-20/h1-11H,(H,23,25). The lowest BCUT2D eigenvalue weighted by atomic mass is 10.2. The first-order valence-corrected chi connectivity index (χ1v) is 8.58. The number of carbonyl (C=O) groups excluding carboxylic acids is 1. The maximum atomic E-state index is 12.3. The predicted octanol–water partition coefficient (Wildman–Crippen LogP) is 6.05. The second kappa shape index (κ2) is 6.83. The summed E-state index contributed by atoms with van der Waals surface area (Å²) >= 11 is 11.9. The lowest BCUT2D eigenvalue weighted by molar-refractivity contribution is 0.102. The number of rotatable bonds is 3. The topological polar surface area (TPSA) is 55.1 Å². The monoisotopic (exact) mass is 382 g/mol. The van der Waals surface area contributed by atoms with Crippen LogP contribution >= 0.6 is 23.2 Å². The molecule has 3 aromatic carbocycles. The highest BCUT2D eigenvalue weighted by Gasteiger charge is 2.12. The van der Waals surface area contributed by atoms with E-state index in [0.717, 1.165) is 16.7 Å². The van der Waals surface area contributed by atoms with Gasteiger partial charge in [-0.3, -0.25) is 4.79 Å². The molecule has 0 saturated carbocycles. The van der Waals surface area contributed by atoms with Crippen LogP contribution in [0.2, 0.25) is 10.0 Å². The van der Waals surface area contributed by atoms with Crippen LogP contribution < -0.4 is 5.32 Å². The first-order chi connectivity index (χ1) is 12.6. The average Bonchev–Trinajstić information content (AvgIpc) is 3.06. The molecule has 0 bridgehead atoms. The number of carbonyl (C=O) groups is 1. The summed E-state index contributed by atoms with van der Waals surface area (Å²) in [5.74, 6) is 0.228. The van der Waals surface area contributed by atoms with Crippen molar-refractivity contribution in [1.29, 1.82) is 0 Å². The van der Waals surface area contributed by atoms with E-state index in [-0.39, 0.29) is 5.91 Å². The molecule has 1 N–H and O–H groups in total. The molecule has 0 saturated heterocycles. The number of aromatic nitrogens is 1. The van der Waals surface area contributed by atoms with Gasteiger partial charge < -0.3 is 9.73 Å². The molecule has 1 heterocycles. The van der Waals surface area contributed by atoms with Crippen molar-refractivity contribution in [1.82, 2.24) is 4.98 Å². The normalized spacial score (nSPS) is 10.8. The zero-order valence-corrected chi connectivity index (χ0v) is 14.9. The maximum Gasteiger partial charge on any atom is 0.257 e. The van der Waals surface area contributed by atoms with Crippen molar-refractivity contribution in [3.8, 4) is 11.5 Å². The molecule has 128 valence electrons. The zero-order chi connectivity index (χ0) is 18.1. The van der Waals surface area contributed by atoms with E-state index < -0.39 is 0 Å². The molecular weight excluding hydrogens is 371 g/mol. The Morgan fingerprint density at radius 2 is 1.73 bits per heavy atom. The van der Waals surface area contributed by atoms with Gasteiger partial charge in [0, 0.05) is 16.3 Å². The Morgan fingerprint density at radius 3 is 2.46 bits per heavy atom. The molecule has 0 fully saturated rings. The maximum absolute atomic E-state index is 12.3. The van der Waals surface area contributed by atoms with Gasteiger partial charge >= 0.3 is 0 Å². The lowest BCUT2D eigenvalue weighted by Crippen LogP contribution is -2.12. The highest BCUT2D eigenvalue weighted by atomic mass is 35.5. The molecule has 4 aromatic rings. The van der Waals surface area contributed by atoms with Crippen LogP contribution in [-0.2, 0) is 0 Å². The summed E-state index contributed by atoms with van der Waals surface area (Å²) in [7, 11) is 0. The summed E-state index contributed by atoms with van der Waals surface area (Å²) in [6, 6.07) is 19.6. The Kier molecular flexibility index (Phi) is 4.37. The van der Waals surface area contributed by atoms with Crippen LogP contribution in [0.3, 0.4) is 0 Å². The van der Waals surface area contributed by atoms with Crippen molar-refractivity contribution in [3.63, 3.8) is 0 Å². The summed E-state index contributed by atoms with van der Waals surface area (Å²) in [5.41, 5.74) is 3.36. The van der Waals surface area contributed by atoms with E-state index >= 15 is 0 Å². The van der Waals surface area contributed by atoms with Gasteiger partial charge in [-0.15, -0.1) is 0 Å². The van der Waals surface area contributed by atoms with E-state index in [2.05, 4.69) is 10.3 Å². The molecule has 0 aliphatic rings. The quantitative estimate of drug-likeness (QED) is 0.468. The van der Waals surface area contributed by atoms with Gasteiger partial charge in [-0.1, -0.05) is 35.3 Å². The van der Waals surface area contributed by atoms with Crippen molar-refractivity contribution in [2.75, 3.05) is 5.32 Å². The summed E-state index contributed by atoms with van der Waals surface area (Å²) in [4.78, 5) is 16.8. The number of hydrogen-bond acceptors (Lipinski definition) is 3. The number of para-hydroxylation sites is 2. The van der Waals surface area contributed by atoms with Gasteiger partial charge in [0.2, 0.25) is 5.89 Å². The van der Waals surface area contributed by atoms with Gasteiger partial charge in [0.1, 0.15) is 5.52 Å². The fourth-order valence-electron chi connectivity index (χ4n) is 2.56. The van der Waals surface area contributed by atoms with E-state index in [1.54, 1.807) is 24.3 Å². The van der Waals surface area contributed by atoms with Crippen LogP contribution in [0.1, 0.15) is 10.4 Å². The highest BCUT2D eigenvalue weighted by molar-refractivity contribution is 6.37. The van der Waals surface area contributed by atoms with E-state index in [0.29, 0.717) is 27.2 Å². The summed E-state index contributed by atoms with van der Waals surface area (Å²) in [6.07, 6.45) is 0. The molecule has 0 radical (unpaired) electrons. The van der Waals surface area contributed by atoms with E-state index in [9.17, 15) is 4.79 Å². The molecule has 0 aliphatic carbocycles. The Morgan fingerprint density at radius 1 is 0.962 bits per heavy atom. The molecule has 0 unspecified atom stereocenters. The van der Waals surface area contributed by atoms with E-state index in [4.69, 9.17) is 27.6 Å². The number of nitrogens with one attached hydrogen (secondary N) is 1. The second-order valence-electron chi connectivity index (χ2n) is 5.64. The van der Waals surface area contributed by atoms with Crippen molar-refractivity contribution in [2.24, 2.45) is 0 Å². The number of amides is 1. The number of nitrogens with zero attached hydrogens (tertiary/aromatic N) is 1. The highest BCUT2D eigenvalue weighted by Crippen LogP contribution is 2.26. The summed E-state index contributed by atoms with van der Waals surface area (Å²) < 4.78 is 5.74. The van der Waals surface area contributed by atoms with Crippen molar-refractivity contribution in [2.45, 2.75) is 0 Å². The largest absolute Gasteiger partial charge is 0.436 e. The minimum Gasteiger partial charge on any atom is -0.436 e. The van der Waals surface area contributed by atoms with Gasteiger partial charge in [-0.2, -0.15) is 0 Å². The number of anilines is 1. The third kappa shape index (κ3) is 3.29. The molecule has 1 amide bonds. The third-order valence-electron chi connectivity index (χ3n) is 3.86. The zero-order valence-electron chi connectivity index (χ0n) is 13.4. The third-order valence-corrected chi connectivity index (χ3v) is 4.41. The number of hydrogen-bond donors (Lipinski definition) is 1. The van der Waals surface area contributed by atoms with Crippen LogP contribution in [0.4, 0.5) is 5.69 Å². The molecule has 0 aliphatic heterocycles. The van der Waals surface area contributed by atoms with Crippen molar-refractivity contribution >= 4 is 45.9 Å². The number of oxazole rings is 1. The molecule has 4 rings (SSSR count). The Balaban J connectivity index is 1.55. The second-order valence-corrected chi connectivity index (χ2v) is 6.49. The smallest absolute Gasteiger partial charge is 0.257 e. The molecule has 26 heavy (non-hydrogen) atoms. The first kappa shape index (κ1) is 16.6.